The quantitative estimate of drug-likeness (QED) is 0.343. The van der Waals surface area contributed by atoms with E-state index >= 15 is 0 Å². The van der Waals surface area contributed by atoms with Crippen LogP contribution in [0.3, 0.4) is 0 Å². The van der Waals surface area contributed by atoms with Crippen molar-refractivity contribution < 1.29 is 4.79 Å². The number of aldehydes is 1. The maximum Gasteiger partial charge on any atom is 0.316 e. The van der Waals surface area contributed by atoms with E-state index in [0.29, 0.717) is 5.56 Å². The lowest BCUT2D eigenvalue weighted by Crippen LogP contribution is -1.75. The molecule has 0 amide bonds. The molecule has 0 heterocycles. The molecule has 0 aliphatic rings. The molecule has 0 saturated heterocycles. The normalized spacial score (nSPS) is 8.44. The van der Waals surface area contributed by atoms with Gasteiger partial charge in [0.25, 0.3) is 0 Å². The topological polar surface area (TPSA) is 17.1 Å². The van der Waals surface area contributed by atoms with Gasteiger partial charge in [0, 0.05) is 15.4 Å². The summed E-state index contributed by atoms with van der Waals surface area (Å²) in [6, 6.07) is 7.20. The molecule has 0 saturated carbocycles. The van der Waals surface area contributed by atoms with Crippen molar-refractivity contribution in [3.8, 4) is 0 Å². The molecule has 0 bridgehead atoms. The summed E-state index contributed by atoms with van der Waals surface area (Å²) in [5.74, 6) is 0. The van der Waals surface area contributed by atoms with E-state index in [4.69, 9.17) is 0 Å². The van der Waals surface area contributed by atoms with E-state index in [1.165, 1.54) is 24.6 Å². The Bertz CT molecular complexity index is 258. The Morgan fingerprint density at radius 3 is 2.06 bits per heavy atom. The number of unbranched alkanes of at least 4 members (excludes halogenated alkanes) is 2. The largest absolute Gasteiger partial charge is 0.316 e. The molecule has 1 nitrogen and oxygen atoms in total. The number of carbonyl (C=O) groups is 1. The summed E-state index contributed by atoms with van der Waals surface area (Å²) in [6.45, 7) is 2.21. The second-order valence-corrected chi connectivity index (χ2v) is 4.77. The first-order chi connectivity index (χ1) is 7.24. The molecule has 0 N–H and O–H groups in total. The third kappa shape index (κ3) is 11.1. The Morgan fingerprint density at radius 1 is 1.19 bits per heavy atom. The molecule has 4 heteroatoms. The number of hydrogen-bond donors (Lipinski definition) is 0. The maximum atomic E-state index is 10.1. The van der Waals surface area contributed by atoms with E-state index in [2.05, 4.69) is 38.8 Å². The Hall–Kier alpha value is 0.616. The van der Waals surface area contributed by atoms with Crippen LogP contribution in [0.5, 0.6) is 0 Å². The molecule has 0 aliphatic heterocycles. The van der Waals surface area contributed by atoms with E-state index in [9.17, 15) is 4.79 Å². The Labute approximate surface area is 131 Å². The number of rotatable bonds is 4. The van der Waals surface area contributed by atoms with Crippen LogP contribution in [0.4, 0.5) is 0 Å². The molecule has 88 valence electrons. The van der Waals surface area contributed by atoms with Crippen molar-refractivity contribution in [1.82, 2.24) is 0 Å². The van der Waals surface area contributed by atoms with Crippen LogP contribution in [0, 0.1) is 0 Å². The van der Waals surface area contributed by atoms with Gasteiger partial charge in [-0.15, -0.1) is 0 Å². The van der Waals surface area contributed by atoms with E-state index in [1.807, 2.05) is 12.1 Å². The van der Waals surface area contributed by atoms with Crippen LogP contribution in [0.1, 0.15) is 36.5 Å². The van der Waals surface area contributed by atoms with E-state index < -0.39 is 0 Å². The van der Waals surface area contributed by atoms with Crippen molar-refractivity contribution in [1.29, 1.82) is 0 Å². The number of carbonyl (C=O) groups excluding carboxylic acids is 1. The van der Waals surface area contributed by atoms with Gasteiger partial charge in [-0.1, -0.05) is 63.8 Å². The zero-order valence-electron chi connectivity index (χ0n) is 8.88. The summed E-state index contributed by atoms with van der Waals surface area (Å²) in [7, 11) is 0. The summed E-state index contributed by atoms with van der Waals surface area (Å²) in [5.41, 5.74) is 0.707. The summed E-state index contributed by atoms with van der Waals surface area (Å²) < 4.78 is 0.994. The molecular formula is C12H18Br2MgO. The van der Waals surface area contributed by atoms with Crippen LogP contribution in [0.2, 0.25) is 0 Å². The molecule has 1 aromatic carbocycles. The predicted octanol–water partition coefficient (Wildman–Crippen LogP) is 3.92. The van der Waals surface area contributed by atoms with Crippen LogP contribution in [-0.2, 0) is 0 Å². The van der Waals surface area contributed by atoms with E-state index in [1.54, 1.807) is 12.1 Å². The Morgan fingerprint density at radius 2 is 1.75 bits per heavy atom. The van der Waals surface area contributed by atoms with Gasteiger partial charge in [0.2, 0.25) is 0 Å². The van der Waals surface area contributed by atoms with Crippen molar-refractivity contribution in [3.05, 3.63) is 34.3 Å². The van der Waals surface area contributed by atoms with Gasteiger partial charge >= 0.3 is 23.1 Å². The SMILES string of the molecule is CCCCCBr.O=Cc1ccc(Br)cc1.[MgH2]. The molecule has 0 unspecified atom stereocenters. The second kappa shape index (κ2) is 13.7. The monoisotopic (exact) mass is 360 g/mol. The van der Waals surface area contributed by atoms with Crippen molar-refractivity contribution in [2.45, 2.75) is 26.2 Å². The fourth-order valence-corrected chi connectivity index (χ4v) is 1.55. The molecular weight excluding hydrogens is 344 g/mol. The zero-order chi connectivity index (χ0) is 11.5. The number of benzene rings is 1. The second-order valence-electron chi connectivity index (χ2n) is 3.07. The molecule has 0 fully saturated rings. The van der Waals surface area contributed by atoms with Gasteiger partial charge in [-0.3, -0.25) is 4.79 Å². The third-order valence-electron chi connectivity index (χ3n) is 1.74. The standard InChI is InChI=1S/C7H5BrO.C5H11Br.Mg.2H/c8-7-3-1-6(5-9)2-4-7;1-2-3-4-5-6;;;/h1-5H;2-5H2,1H3;;;. The van der Waals surface area contributed by atoms with Crippen molar-refractivity contribution >= 4 is 61.2 Å². The van der Waals surface area contributed by atoms with Crippen LogP contribution in [0.15, 0.2) is 28.7 Å². The molecule has 0 aromatic heterocycles. The van der Waals surface area contributed by atoms with Crippen LogP contribution >= 0.6 is 31.9 Å². The van der Waals surface area contributed by atoms with Crippen LogP contribution < -0.4 is 0 Å². The highest BCUT2D eigenvalue weighted by molar-refractivity contribution is 9.10. The lowest BCUT2D eigenvalue weighted by atomic mass is 10.2. The first-order valence-corrected chi connectivity index (χ1v) is 6.92. The molecule has 0 spiro atoms. The van der Waals surface area contributed by atoms with Gasteiger partial charge in [0.1, 0.15) is 6.29 Å². The number of alkyl halides is 1. The summed E-state index contributed by atoms with van der Waals surface area (Å²) >= 11 is 6.61. The highest BCUT2D eigenvalue weighted by Crippen LogP contribution is 2.08. The minimum atomic E-state index is 0. The van der Waals surface area contributed by atoms with Crippen LogP contribution in [0.25, 0.3) is 0 Å². The van der Waals surface area contributed by atoms with Gasteiger partial charge in [0.05, 0.1) is 0 Å². The van der Waals surface area contributed by atoms with Crippen molar-refractivity contribution in [3.63, 3.8) is 0 Å². The number of halogens is 2. The van der Waals surface area contributed by atoms with Gasteiger partial charge in [-0.25, -0.2) is 0 Å². The average Bonchev–Trinajstić information content (AvgIpc) is 2.28. The zero-order valence-corrected chi connectivity index (χ0v) is 12.1. The Kier molecular flexibility index (Phi) is 16.2. The minimum Gasteiger partial charge on any atom is -0.298 e. The predicted molar refractivity (Wildman–Crippen MR) is 81.4 cm³/mol. The average molecular weight is 362 g/mol. The molecule has 0 aliphatic carbocycles. The molecule has 0 atom stereocenters. The maximum absolute atomic E-state index is 10.1. The minimum absolute atomic E-state index is 0. The van der Waals surface area contributed by atoms with E-state index in [-0.39, 0.29) is 23.1 Å². The first-order valence-electron chi connectivity index (χ1n) is 5.01. The molecule has 1 aromatic rings. The summed E-state index contributed by atoms with van der Waals surface area (Å²) in [4.78, 5) is 10.1. The van der Waals surface area contributed by atoms with Crippen LogP contribution in [-0.4, -0.2) is 34.7 Å². The van der Waals surface area contributed by atoms with Crippen molar-refractivity contribution in [2.75, 3.05) is 5.33 Å². The molecule has 16 heavy (non-hydrogen) atoms. The summed E-state index contributed by atoms with van der Waals surface area (Å²) in [6.07, 6.45) is 4.85. The highest BCUT2D eigenvalue weighted by atomic mass is 79.9. The molecule has 1 rings (SSSR count). The first kappa shape index (κ1) is 19.0. The molecule has 0 radical (unpaired) electrons. The van der Waals surface area contributed by atoms with Gasteiger partial charge in [-0.2, -0.15) is 0 Å². The fraction of sp³-hybridized carbons (Fsp3) is 0.417. The lowest BCUT2D eigenvalue weighted by Gasteiger charge is -1.87. The lowest BCUT2D eigenvalue weighted by molar-refractivity contribution is 0.112. The highest BCUT2D eigenvalue weighted by Gasteiger charge is 1.86. The van der Waals surface area contributed by atoms with E-state index in [0.717, 1.165) is 10.8 Å². The van der Waals surface area contributed by atoms with Gasteiger partial charge in [-0.05, 0) is 18.6 Å². The van der Waals surface area contributed by atoms with Gasteiger partial charge < -0.3 is 0 Å². The smallest absolute Gasteiger partial charge is 0.298 e. The fourth-order valence-electron chi connectivity index (χ4n) is 0.886. The van der Waals surface area contributed by atoms with Crippen molar-refractivity contribution in [2.24, 2.45) is 0 Å². The number of hydrogen-bond acceptors (Lipinski definition) is 1. The Balaban J connectivity index is 0. The van der Waals surface area contributed by atoms with Gasteiger partial charge in [0.15, 0.2) is 0 Å². The third-order valence-corrected chi connectivity index (χ3v) is 2.83. The summed E-state index contributed by atoms with van der Waals surface area (Å²) in [5, 5.41) is 1.17.